The number of carbonyl (C=O) groups is 1. The summed E-state index contributed by atoms with van der Waals surface area (Å²) in [5, 5.41) is 2.80. The highest BCUT2D eigenvalue weighted by molar-refractivity contribution is 5.93. The number of carbonyl (C=O) groups excluding carboxylic acids is 1. The van der Waals surface area contributed by atoms with Gasteiger partial charge in [0.05, 0.1) is 6.20 Å². The lowest BCUT2D eigenvalue weighted by Crippen LogP contribution is -2.13. The van der Waals surface area contributed by atoms with E-state index in [1.165, 1.54) is 0 Å². The number of nitrogens with zero attached hydrogens (tertiary/aromatic N) is 3. The zero-order valence-electron chi connectivity index (χ0n) is 8.97. The molecule has 5 heteroatoms. The second-order valence-corrected chi connectivity index (χ2v) is 4.23. The van der Waals surface area contributed by atoms with Gasteiger partial charge in [-0.05, 0) is 25.3 Å². The molecule has 1 aliphatic carbocycles. The van der Waals surface area contributed by atoms with Crippen LogP contribution in [0.1, 0.15) is 18.4 Å². The van der Waals surface area contributed by atoms with Crippen molar-refractivity contribution in [3.63, 3.8) is 0 Å². The molecule has 1 amide bonds. The first-order chi connectivity index (χ1) is 7.72. The highest BCUT2D eigenvalue weighted by Gasteiger charge is 2.29. The standard InChI is InChI=1S/C11H12N4O/c1-7-4-12-11-14-9(6-15(11)5-7)13-10(16)8-2-3-8/h4-6,8H,2-3H2,1H3,(H,13,16). The third-order valence-corrected chi connectivity index (χ3v) is 2.64. The van der Waals surface area contributed by atoms with E-state index in [0.29, 0.717) is 11.6 Å². The van der Waals surface area contributed by atoms with Crippen molar-refractivity contribution < 1.29 is 4.79 Å². The Kier molecular flexibility index (Phi) is 1.92. The van der Waals surface area contributed by atoms with Crippen LogP contribution in [0.25, 0.3) is 5.78 Å². The quantitative estimate of drug-likeness (QED) is 0.825. The average molecular weight is 216 g/mol. The number of fused-ring (bicyclic) bond motifs is 1. The molecule has 1 saturated carbocycles. The van der Waals surface area contributed by atoms with Crippen molar-refractivity contribution in [3.05, 3.63) is 24.2 Å². The molecule has 16 heavy (non-hydrogen) atoms. The number of amides is 1. The van der Waals surface area contributed by atoms with Gasteiger partial charge in [-0.3, -0.25) is 9.20 Å². The van der Waals surface area contributed by atoms with Gasteiger partial charge in [-0.15, -0.1) is 0 Å². The van der Waals surface area contributed by atoms with Crippen LogP contribution in [0.2, 0.25) is 0 Å². The van der Waals surface area contributed by atoms with Gasteiger partial charge in [-0.1, -0.05) is 0 Å². The maximum Gasteiger partial charge on any atom is 0.235 e. The molecule has 2 aromatic rings. The normalized spacial score (nSPS) is 15.3. The van der Waals surface area contributed by atoms with Gasteiger partial charge in [0.25, 0.3) is 0 Å². The summed E-state index contributed by atoms with van der Waals surface area (Å²) in [6.07, 6.45) is 7.47. The Labute approximate surface area is 92.5 Å². The van der Waals surface area contributed by atoms with Crippen molar-refractivity contribution >= 4 is 17.5 Å². The molecule has 0 radical (unpaired) electrons. The largest absolute Gasteiger partial charge is 0.309 e. The third kappa shape index (κ3) is 1.64. The van der Waals surface area contributed by atoms with Crippen LogP contribution in [0.4, 0.5) is 5.82 Å². The van der Waals surface area contributed by atoms with Crippen LogP contribution in [0.3, 0.4) is 0 Å². The second kappa shape index (κ2) is 3.30. The summed E-state index contributed by atoms with van der Waals surface area (Å²) < 4.78 is 1.82. The molecule has 0 atom stereocenters. The van der Waals surface area contributed by atoms with Gasteiger partial charge in [-0.25, -0.2) is 4.98 Å². The molecule has 1 fully saturated rings. The molecule has 0 aliphatic heterocycles. The predicted molar refractivity (Wildman–Crippen MR) is 59.1 cm³/mol. The fraction of sp³-hybridized carbons (Fsp3) is 0.364. The molecule has 2 aromatic heterocycles. The highest BCUT2D eigenvalue weighted by atomic mass is 16.2. The lowest BCUT2D eigenvalue weighted by molar-refractivity contribution is -0.117. The predicted octanol–water partition coefficient (Wildman–Crippen LogP) is 1.39. The first-order valence-electron chi connectivity index (χ1n) is 5.34. The zero-order valence-corrected chi connectivity index (χ0v) is 8.97. The van der Waals surface area contributed by atoms with Crippen LogP contribution >= 0.6 is 0 Å². The molecular weight excluding hydrogens is 204 g/mol. The number of hydrogen-bond donors (Lipinski definition) is 1. The van der Waals surface area contributed by atoms with Crippen molar-refractivity contribution in [3.8, 4) is 0 Å². The molecule has 0 bridgehead atoms. The Morgan fingerprint density at radius 2 is 2.31 bits per heavy atom. The first kappa shape index (κ1) is 9.33. The molecule has 0 spiro atoms. The van der Waals surface area contributed by atoms with E-state index in [-0.39, 0.29) is 11.8 Å². The fourth-order valence-corrected chi connectivity index (χ4v) is 1.62. The lowest BCUT2D eigenvalue weighted by Gasteiger charge is -1.96. The summed E-state index contributed by atoms with van der Waals surface area (Å²) >= 11 is 0. The maximum absolute atomic E-state index is 11.5. The Hall–Kier alpha value is -1.91. The monoisotopic (exact) mass is 216 g/mol. The van der Waals surface area contributed by atoms with E-state index in [1.54, 1.807) is 12.4 Å². The highest BCUT2D eigenvalue weighted by Crippen LogP contribution is 2.29. The SMILES string of the molecule is Cc1cnc2nc(NC(=O)C3CC3)cn2c1. The van der Waals surface area contributed by atoms with Crippen LogP contribution in [0, 0.1) is 12.8 Å². The molecule has 1 N–H and O–H groups in total. The molecule has 3 rings (SSSR count). The number of imidazole rings is 1. The first-order valence-corrected chi connectivity index (χ1v) is 5.34. The number of rotatable bonds is 2. The van der Waals surface area contributed by atoms with Gasteiger partial charge in [0.2, 0.25) is 11.7 Å². The van der Waals surface area contributed by atoms with E-state index in [1.807, 2.05) is 17.5 Å². The smallest absolute Gasteiger partial charge is 0.235 e. The Balaban J connectivity index is 1.89. The van der Waals surface area contributed by atoms with Gasteiger partial charge in [0.1, 0.15) is 0 Å². The van der Waals surface area contributed by atoms with Gasteiger partial charge in [-0.2, -0.15) is 4.98 Å². The molecule has 0 saturated heterocycles. The van der Waals surface area contributed by atoms with Crippen molar-refractivity contribution in [2.75, 3.05) is 5.32 Å². The summed E-state index contributed by atoms with van der Waals surface area (Å²) in [6, 6.07) is 0. The van der Waals surface area contributed by atoms with E-state index >= 15 is 0 Å². The van der Waals surface area contributed by atoms with Crippen LogP contribution in [-0.2, 0) is 4.79 Å². The van der Waals surface area contributed by atoms with E-state index < -0.39 is 0 Å². The molecule has 5 nitrogen and oxygen atoms in total. The van der Waals surface area contributed by atoms with Crippen LogP contribution in [-0.4, -0.2) is 20.3 Å². The Morgan fingerprint density at radius 1 is 1.50 bits per heavy atom. The van der Waals surface area contributed by atoms with Gasteiger partial charge in [0.15, 0.2) is 5.82 Å². The van der Waals surface area contributed by atoms with Crippen LogP contribution in [0.5, 0.6) is 0 Å². The average Bonchev–Trinajstić information content (AvgIpc) is 3.00. The van der Waals surface area contributed by atoms with E-state index in [2.05, 4.69) is 15.3 Å². The van der Waals surface area contributed by atoms with Crippen LogP contribution < -0.4 is 5.32 Å². The topological polar surface area (TPSA) is 59.3 Å². The van der Waals surface area contributed by atoms with Crippen molar-refractivity contribution in [1.82, 2.24) is 14.4 Å². The zero-order chi connectivity index (χ0) is 11.1. The van der Waals surface area contributed by atoms with Crippen LogP contribution in [0.15, 0.2) is 18.6 Å². The van der Waals surface area contributed by atoms with Crippen molar-refractivity contribution in [1.29, 1.82) is 0 Å². The fourth-order valence-electron chi connectivity index (χ4n) is 1.62. The van der Waals surface area contributed by atoms with Crippen molar-refractivity contribution in [2.24, 2.45) is 5.92 Å². The van der Waals surface area contributed by atoms with E-state index in [0.717, 1.165) is 18.4 Å². The maximum atomic E-state index is 11.5. The summed E-state index contributed by atoms with van der Waals surface area (Å²) in [7, 11) is 0. The molecule has 2 heterocycles. The third-order valence-electron chi connectivity index (χ3n) is 2.64. The molecule has 1 aliphatic rings. The minimum atomic E-state index is 0.0696. The van der Waals surface area contributed by atoms with E-state index in [9.17, 15) is 4.79 Å². The molecule has 0 aromatic carbocycles. The number of hydrogen-bond acceptors (Lipinski definition) is 3. The number of aryl methyl sites for hydroxylation is 1. The Morgan fingerprint density at radius 3 is 3.06 bits per heavy atom. The molecule has 82 valence electrons. The summed E-state index contributed by atoms with van der Waals surface area (Å²) in [5.74, 6) is 1.45. The summed E-state index contributed by atoms with van der Waals surface area (Å²) in [6.45, 7) is 1.97. The van der Waals surface area contributed by atoms with Crippen molar-refractivity contribution in [2.45, 2.75) is 19.8 Å². The number of aromatic nitrogens is 3. The second-order valence-electron chi connectivity index (χ2n) is 4.23. The van der Waals surface area contributed by atoms with Gasteiger partial charge >= 0.3 is 0 Å². The number of anilines is 1. The molecular formula is C11H12N4O. The number of nitrogens with one attached hydrogen (secondary N) is 1. The minimum Gasteiger partial charge on any atom is -0.309 e. The lowest BCUT2D eigenvalue weighted by atomic mass is 10.4. The molecule has 0 unspecified atom stereocenters. The van der Waals surface area contributed by atoms with Gasteiger partial charge in [0, 0.05) is 18.3 Å². The minimum absolute atomic E-state index is 0.0696. The summed E-state index contributed by atoms with van der Waals surface area (Å²) in [5.41, 5.74) is 1.06. The Bertz CT molecular complexity index is 556. The summed E-state index contributed by atoms with van der Waals surface area (Å²) in [4.78, 5) is 19.9. The van der Waals surface area contributed by atoms with Gasteiger partial charge < -0.3 is 5.32 Å². The van der Waals surface area contributed by atoms with E-state index in [4.69, 9.17) is 0 Å².